The molecule has 2 atom stereocenters. The summed E-state index contributed by atoms with van der Waals surface area (Å²) in [5, 5.41) is 27.1. The Morgan fingerprint density at radius 1 is 0.534 bits per heavy atom. The summed E-state index contributed by atoms with van der Waals surface area (Å²) in [6, 6.07) is 41.6. The van der Waals surface area contributed by atoms with E-state index in [1.165, 1.54) is 7.11 Å². The predicted octanol–water partition coefficient (Wildman–Crippen LogP) is 13.3. The summed E-state index contributed by atoms with van der Waals surface area (Å²) < 4.78 is 8.11. The van der Waals surface area contributed by atoms with Crippen LogP contribution < -0.4 is 10.6 Å². The van der Waals surface area contributed by atoms with E-state index in [9.17, 15) is 24.3 Å². The molecule has 0 aliphatic heterocycles. The first-order valence-electron chi connectivity index (χ1n) is 22.6. The van der Waals surface area contributed by atoms with Gasteiger partial charge in [-0.1, -0.05) is 155 Å². The van der Waals surface area contributed by atoms with E-state index in [1.54, 1.807) is 83.9 Å². The number of aromatic nitrogens is 4. The average Bonchev–Trinajstić information content (AvgIpc) is 3.90. The standard InChI is InChI=1S/C28H24Cl3N3O3.C27H22Cl3N3O3/c1-17-25(27(35)32-23(28(36)37-2)14-8-18-6-4-3-5-7-18)33-34(24-15-13-21(30)16-22(24)31)26(17)19-9-11-20(29)12-10-19;1-16-24(26(34)31-22(27(35)36)13-7-17-5-3-2-4-6-17)32-33(23-14-12-20(29)15-21(23)30)25(16)18-8-10-19(28)11-9-18/h3-7,9-13,15-16,23H,8,14H2,1-2H3,(H,32,35);2-6,8-12,14-15,22H,7,13H2,1H3,(H,31,34)(H,35,36)/t23-;22-/m10/s1. The molecule has 3 N–H and O–H groups in total. The molecule has 8 rings (SSSR count). The van der Waals surface area contributed by atoms with Crippen molar-refractivity contribution in [2.24, 2.45) is 0 Å². The van der Waals surface area contributed by atoms with Gasteiger partial charge in [0.1, 0.15) is 12.1 Å². The average molecular weight is 1100 g/mol. The van der Waals surface area contributed by atoms with Gasteiger partial charge in [-0.15, -0.1) is 0 Å². The van der Waals surface area contributed by atoms with Crippen molar-refractivity contribution in [1.29, 1.82) is 0 Å². The Labute approximate surface area is 451 Å². The first-order chi connectivity index (χ1) is 35.0. The molecule has 12 nitrogen and oxygen atoms in total. The van der Waals surface area contributed by atoms with Crippen molar-refractivity contribution in [3.05, 3.63) is 209 Å². The molecule has 0 bridgehead atoms. The number of nitrogens with zero attached hydrogens (tertiary/aromatic N) is 4. The van der Waals surface area contributed by atoms with Crippen LogP contribution in [0.5, 0.6) is 0 Å². The number of methoxy groups -OCH3 is 1. The van der Waals surface area contributed by atoms with Crippen molar-refractivity contribution in [1.82, 2.24) is 30.2 Å². The lowest BCUT2D eigenvalue weighted by Crippen LogP contribution is -2.42. The molecule has 2 heterocycles. The van der Waals surface area contributed by atoms with Crippen LogP contribution in [0.3, 0.4) is 0 Å². The summed E-state index contributed by atoms with van der Waals surface area (Å²) in [6.45, 7) is 3.55. The molecule has 0 radical (unpaired) electrons. The molecule has 2 aromatic heterocycles. The third-order valence-electron chi connectivity index (χ3n) is 11.7. The molecule has 0 spiro atoms. The molecule has 73 heavy (non-hydrogen) atoms. The number of hydrogen-bond donors (Lipinski definition) is 3. The molecular weight excluding hydrogens is 1050 g/mol. The summed E-state index contributed by atoms with van der Waals surface area (Å²) >= 11 is 37.3. The van der Waals surface area contributed by atoms with Crippen molar-refractivity contribution in [3.63, 3.8) is 0 Å². The number of carbonyl (C=O) groups is 4. The minimum atomic E-state index is -1.12. The fourth-order valence-electron chi connectivity index (χ4n) is 7.98. The van der Waals surface area contributed by atoms with Gasteiger partial charge in [0.05, 0.1) is 39.9 Å². The van der Waals surface area contributed by atoms with Gasteiger partial charge in [-0.05, 0) is 111 Å². The van der Waals surface area contributed by atoms with Gasteiger partial charge < -0.3 is 20.5 Å². The van der Waals surface area contributed by atoms with Crippen LogP contribution in [0, 0.1) is 13.8 Å². The van der Waals surface area contributed by atoms with Crippen molar-refractivity contribution in [2.45, 2.75) is 51.6 Å². The first-order valence-corrected chi connectivity index (χ1v) is 24.9. The van der Waals surface area contributed by atoms with E-state index in [2.05, 4.69) is 20.8 Å². The molecule has 6 aromatic carbocycles. The van der Waals surface area contributed by atoms with Crippen molar-refractivity contribution < 1.29 is 29.0 Å². The zero-order chi connectivity index (χ0) is 52.3. The van der Waals surface area contributed by atoms with Crippen LogP contribution in [0.2, 0.25) is 30.1 Å². The lowest BCUT2D eigenvalue weighted by molar-refractivity contribution is -0.143. The highest BCUT2D eigenvalue weighted by Gasteiger charge is 2.29. The van der Waals surface area contributed by atoms with Crippen LogP contribution in [0.15, 0.2) is 146 Å². The summed E-state index contributed by atoms with van der Waals surface area (Å²) in [4.78, 5) is 51.2. The number of carbonyl (C=O) groups excluding carboxylic acids is 3. The molecule has 374 valence electrons. The van der Waals surface area contributed by atoms with Gasteiger partial charge in [0, 0.05) is 42.3 Å². The minimum Gasteiger partial charge on any atom is -0.480 e. The fourth-order valence-corrected chi connectivity index (χ4v) is 9.21. The SMILES string of the molecule is COC(=O)[C@@H](CCc1ccccc1)NC(=O)c1nn(-c2ccc(Cl)cc2Cl)c(-c2ccc(Cl)cc2)c1C.Cc1c(C(=O)N[C@@H](CCc2ccccc2)C(=O)O)nn(-c2ccc(Cl)cc2Cl)c1-c1ccc(Cl)cc1. The smallest absolute Gasteiger partial charge is 0.328 e. The molecule has 0 fully saturated rings. The van der Waals surface area contributed by atoms with E-state index < -0.39 is 35.8 Å². The lowest BCUT2D eigenvalue weighted by atomic mass is 10.0. The molecular formula is C55H46Cl6N6O6. The zero-order valence-corrected chi connectivity index (χ0v) is 43.9. The monoisotopic (exact) mass is 1100 g/mol. The number of carboxylic acid groups (broad SMARTS) is 1. The van der Waals surface area contributed by atoms with Gasteiger partial charge in [-0.3, -0.25) is 9.59 Å². The van der Waals surface area contributed by atoms with Crippen LogP contribution in [-0.4, -0.2) is 67.6 Å². The van der Waals surface area contributed by atoms with Gasteiger partial charge in [0.25, 0.3) is 11.8 Å². The Morgan fingerprint density at radius 3 is 1.27 bits per heavy atom. The number of amides is 2. The second kappa shape index (κ2) is 24.9. The number of ether oxygens (including phenoxy) is 1. The normalized spacial score (nSPS) is 11.7. The van der Waals surface area contributed by atoms with Gasteiger partial charge in [0.15, 0.2) is 11.4 Å². The number of halogens is 6. The highest BCUT2D eigenvalue weighted by atomic mass is 35.5. The quantitative estimate of drug-likeness (QED) is 0.0807. The number of nitrogens with one attached hydrogen (secondary N) is 2. The number of aryl methyl sites for hydroxylation is 2. The number of benzene rings is 6. The second-order valence-corrected chi connectivity index (χ2v) is 19.2. The highest BCUT2D eigenvalue weighted by Crippen LogP contribution is 2.35. The van der Waals surface area contributed by atoms with Crippen molar-refractivity contribution in [3.8, 4) is 33.9 Å². The van der Waals surface area contributed by atoms with Gasteiger partial charge >= 0.3 is 11.9 Å². The Balaban J connectivity index is 0.000000214. The van der Waals surface area contributed by atoms with Crippen LogP contribution in [0.25, 0.3) is 33.9 Å². The van der Waals surface area contributed by atoms with E-state index >= 15 is 0 Å². The maximum Gasteiger partial charge on any atom is 0.328 e. The molecule has 2 amide bonds. The number of esters is 1. The van der Waals surface area contributed by atoms with Gasteiger partial charge in [-0.2, -0.15) is 10.2 Å². The second-order valence-electron chi connectivity index (χ2n) is 16.6. The summed E-state index contributed by atoms with van der Waals surface area (Å²) in [6.07, 6.45) is 1.69. The largest absolute Gasteiger partial charge is 0.480 e. The van der Waals surface area contributed by atoms with E-state index in [4.69, 9.17) is 74.3 Å². The van der Waals surface area contributed by atoms with Crippen LogP contribution in [0.1, 0.15) is 56.1 Å². The van der Waals surface area contributed by atoms with Crippen LogP contribution in [0.4, 0.5) is 0 Å². The molecule has 0 aliphatic carbocycles. The van der Waals surface area contributed by atoms with Gasteiger partial charge in [-0.25, -0.2) is 19.0 Å². The Kier molecular flexibility index (Phi) is 18.4. The topological polar surface area (TPSA) is 157 Å². The number of rotatable bonds is 16. The lowest BCUT2D eigenvalue weighted by Gasteiger charge is -2.16. The number of carboxylic acids is 1. The maximum absolute atomic E-state index is 13.5. The van der Waals surface area contributed by atoms with E-state index in [0.29, 0.717) is 83.3 Å². The van der Waals surface area contributed by atoms with E-state index in [0.717, 1.165) is 22.3 Å². The van der Waals surface area contributed by atoms with Crippen molar-refractivity contribution >= 4 is 93.4 Å². The molecule has 0 unspecified atom stereocenters. The highest BCUT2D eigenvalue weighted by molar-refractivity contribution is 6.36. The maximum atomic E-state index is 13.5. The van der Waals surface area contributed by atoms with E-state index in [1.807, 2.05) is 84.9 Å². The number of aliphatic carboxylic acids is 1. The molecule has 0 saturated heterocycles. The number of hydrogen-bond acceptors (Lipinski definition) is 7. The molecule has 0 aliphatic rings. The molecule has 0 saturated carbocycles. The molecule has 8 aromatic rings. The first kappa shape index (κ1) is 54.1. The van der Waals surface area contributed by atoms with Crippen LogP contribution >= 0.6 is 69.6 Å². The Bertz CT molecular complexity index is 3260. The Hall–Kier alpha value is -6.64. The van der Waals surface area contributed by atoms with Gasteiger partial charge in [0.2, 0.25) is 0 Å². The predicted molar refractivity (Wildman–Crippen MR) is 289 cm³/mol. The van der Waals surface area contributed by atoms with E-state index in [-0.39, 0.29) is 17.8 Å². The van der Waals surface area contributed by atoms with Crippen LogP contribution in [-0.2, 0) is 27.2 Å². The Morgan fingerprint density at radius 2 is 0.904 bits per heavy atom. The zero-order valence-electron chi connectivity index (χ0n) is 39.4. The molecule has 18 heteroatoms. The third kappa shape index (κ3) is 13.5. The fraction of sp³-hybridized carbons (Fsp3) is 0.164. The summed E-state index contributed by atoms with van der Waals surface area (Å²) in [5.74, 6) is -2.73. The van der Waals surface area contributed by atoms with Crippen molar-refractivity contribution in [2.75, 3.05) is 7.11 Å². The minimum absolute atomic E-state index is 0.0944. The third-order valence-corrected chi connectivity index (χ3v) is 13.3. The summed E-state index contributed by atoms with van der Waals surface area (Å²) in [5.41, 5.74) is 7.35. The summed E-state index contributed by atoms with van der Waals surface area (Å²) in [7, 11) is 1.30.